The van der Waals surface area contributed by atoms with Crippen LogP contribution in [0.1, 0.15) is 65.2 Å². The van der Waals surface area contributed by atoms with Crippen molar-refractivity contribution in [2.75, 3.05) is 0 Å². The van der Waals surface area contributed by atoms with Gasteiger partial charge in [0.05, 0.1) is 0 Å². The average Bonchev–Trinajstić information content (AvgIpc) is 2.25. The highest BCUT2D eigenvalue weighted by Crippen LogP contribution is 2.03. The molecule has 0 aromatic rings. The van der Waals surface area contributed by atoms with Gasteiger partial charge in [0.25, 0.3) is 0 Å². The first-order chi connectivity index (χ1) is 6.91. The van der Waals surface area contributed by atoms with Crippen molar-refractivity contribution in [3.05, 3.63) is 12.2 Å². The summed E-state index contributed by atoms with van der Waals surface area (Å²) in [5.41, 5.74) is 0. The molecule has 0 aliphatic rings. The van der Waals surface area contributed by atoms with Crippen molar-refractivity contribution in [1.82, 2.24) is 0 Å². The van der Waals surface area contributed by atoms with Crippen LogP contribution in [0.4, 0.5) is 0 Å². The molecule has 0 rings (SSSR count). The molecule has 84 valence electrons. The molecule has 0 radical (unpaired) electrons. The minimum atomic E-state index is 1.29. The van der Waals surface area contributed by atoms with Gasteiger partial charge in [-0.2, -0.15) is 0 Å². The van der Waals surface area contributed by atoms with E-state index in [1.165, 1.54) is 51.4 Å². The molecule has 0 saturated carbocycles. The Morgan fingerprint density at radius 3 is 1.43 bits per heavy atom. The Labute approximate surface area is 89.6 Å². The molecule has 0 saturated heterocycles. The van der Waals surface area contributed by atoms with E-state index in [1.54, 1.807) is 0 Å². The van der Waals surface area contributed by atoms with Gasteiger partial charge in [-0.25, -0.2) is 0 Å². The first-order valence-corrected chi connectivity index (χ1v) is 5.85. The third kappa shape index (κ3) is 17.5. The Balaban J connectivity index is 0. The smallest absolute Gasteiger partial charge is 0.106 e. The third-order valence-corrected chi connectivity index (χ3v) is 2.12. The van der Waals surface area contributed by atoms with Gasteiger partial charge in [-0.05, 0) is 25.7 Å². The summed E-state index contributed by atoms with van der Waals surface area (Å²) in [6, 6.07) is 0. The number of rotatable bonds is 8. The highest BCUT2D eigenvalue weighted by molar-refractivity contribution is 5.10. The maximum absolute atomic E-state index is 8.00. The molecule has 0 aromatic carbocycles. The van der Waals surface area contributed by atoms with Gasteiger partial charge < -0.3 is 4.79 Å². The van der Waals surface area contributed by atoms with Gasteiger partial charge in [-0.3, -0.25) is 0 Å². The quantitative estimate of drug-likeness (QED) is 0.414. The van der Waals surface area contributed by atoms with Crippen LogP contribution in [0, 0.1) is 0 Å². The van der Waals surface area contributed by atoms with Gasteiger partial charge in [-0.15, -0.1) is 0 Å². The predicted molar refractivity (Wildman–Crippen MR) is 64.5 cm³/mol. The molecule has 0 N–H and O–H groups in total. The van der Waals surface area contributed by atoms with Crippen molar-refractivity contribution in [3.8, 4) is 0 Å². The van der Waals surface area contributed by atoms with Crippen molar-refractivity contribution in [3.63, 3.8) is 0 Å². The molecule has 0 aliphatic carbocycles. The van der Waals surface area contributed by atoms with Crippen LogP contribution in [0.5, 0.6) is 0 Å². The maximum atomic E-state index is 8.00. The van der Waals surface area contributed by atoms with Crippen LogP contribution in [0.25, 0.3) is 0 Å². The summed E-state index contributed by atoms with van der Waals surface area (Å²) in [7, 11) is 0. The first kappa shape index (κ1) is 15.9. The molecule has 1 nitrogen and oxygen atoms in total. The zero-order valence-corrected chi connectivity index (χ0v) is 9.93. The molecule has 0 atom stereocenters. The van der Waals surface area contributed by atoms with Gasteiger partial charge in [0.1, 0.15) is 6.79 Å². The van der Waals surface area contributed by atoms with Crippen molar-refractivity contribution < 1.29 is 4.79 Å². The van der Waals surface area contributed by atoms with Gasteiger partial charge in [0.2, 0.25) is 0 Å². The van der Waals surface area contributed by atoms with Crippen molar-refractivity contribution in [2.24, 2.45) is 0 Å². The molecule has 0 aliphatic heterocycles. The van der Waals surface area contributed by atoms with Crippen LogP contribution in [0.2, 0.25) is 0 Å². The van der Waals surface area contributed by atoms with Crippen molar-refractivity contribution in [2.45, 2.75) is 65.2 Å². The minimum Gasteiger partial charge on any atom is -0.307 e. The second kappa shape index (κ2) is 18.2. The fourth-order valence-electron chi connectivity index (χ4n) is 1.26. The lowest BCUT2D eigenvalue weighted by Gasteiger charge is -1.93. The van der Waals surface area contributed by atoms with E-state index in [0.29, 0.717) is 0 Å². The Morgan fingerprint density at radius 2 is 1.14 bits per heavy atom. The number of carbonyl (C=O) groups is 1. The SMILES string of the molecule is C=O.CCCCCC=CCCCCC. The summed E-state index contributed by atoms with van der Waals surface area (Å²) in [4.78, 5) is 8.00. The standard InChI is InChI=1S/C12H24.CH2O/c1-3-5-7-9-11-12-10-8-6-4-2;1-2/h11-12H,3-10H2,1-2H3;1H2. The van der Waals surface area contributed by atoms with Crippen LogP contribution >= 0.6 is 0 Å². The van der Waals surface area contributed by atoms with Gasteiger partial charge in [0, 0.05) is 0 Å². The van der Waals surface area contributed by atoms with Crippen molar-refractivity contribution in [1.29, 1.82) is 0 Å². The zero-order valence-electron chi connectivity index (χ0n) is 9.93. The van der Waals surface area contributed by atoms with Crippen LogP contribution in [0.15, 0.2) is 12.2 Å². The highest BCUT2D eigenvalue weighted by atomic mass is 16.1. The van der Waals surface area contributed by atoms with Gasteiger partial charge in [-0.1, -0.05) is 51.7 Å². The summed E-state index contributed by atoms with van der Waals surface area (Å²) >= 11 is 0. The normalized spacial score (nSPS) is 9.86. The van der Waals surface area contributed by atoms with E-state index in [1.807, 2.05) is 6.79 Å². The second-order valence-corrected chi connectivity index (χ2v) is 3.46. The number of allylic oxidation sites excluding steroid dienone is 2. The monoisotopic (exact) mass is 198 g/mol. The summed E-state index contributed by atoms with van der Waals surface area (Å²) < 4.78 is 0. The topological polar surface area (TPSA) is 17.1 Å². The first-order valence-electron chi connectivity index (χ1n) is 5.85. The molecule has 0 spiro atoms. The van der Waals surface area contributed by atoms with E-state index in [9.17, 15) is 0 Å². The maximum Gasteiger partial charge on any atom is 0.106 e. The van der Waals surface area contributed by atoms with Crippen LogP contribution < -0.4 is 0 Å². The Hall–Kier alpha value is -0.590. The molecule has 0 heterocycles. The molecule has 0 aromatic heterocycles. The zero-order chi connectivity index (χ0) is 11.1. The van der Waals surface area contributed by atoms with E-state index in [4.69, 9.17) is 4.79 Å². The fourth-order valence-corrected chi connectivity index (χ4v) is 1.26. The molecule has 0 amide bonds. The molecular weight excluding hydrogens is 172 g/mol. The van der Waals surface area contributed by atoms with E-state index < -0.39 is 0 Å². The Kier molecular flexibility index (Phi) is 20.7. The molecule has 1 heteroatoms. The van der Waals surface area contributed by atoms with Gasteiger partial charge >= 0.3 is 0 Å². The van der Waals surface area contributed by atoms with Crippen LogP contribution in [0.3, 0.4) is 0 Å². The highest BCUT2D eigenvalue weighted by Gasteiger charge is 1.83. The van der Waals surface area contributed by atoms with E-state index >= 15 is 0 Å². The number of unbranched alkanes of at least 4 members (excludes halogenated alkanes) is 6. The molecular formula is C13H26O. The number of carbonyl (C=O) groups excluding carboxylic acids is 1. The van der Waals surface area contributed by atoms with Gasteiger partial charge in [0.15, 0.2) is 0 Å². The Bertz CT molecular complexity index is 95.8. The lowest BCUT2D eigenvalue weighted by molar-refractivity contribution is -0.0979. The second-order valence-electron chi connectivity index (χ2n) is 3.46. The fraction of sp³-hybridized carbons (Fsp3) is 0.769. The number of hydrogen-bond donors (Lipinski definition) is 0. The molecule has 0 bridgehead atoms. The lowest BCUT2D eigenvalue weighted by Crippen LogP contribution is -1.73. The summed E-state index contributed by atoms with van der Waals surface area (Å²) in [5.74, 6) is 0. The summed E-state index contributed by atoms with van der Waals surface area (Å²) in [6.07, 6.45) is 15.5. The van der Waals surface area contributed by atoms with Crippen LogP contribution in [-0.2, 0) is 4.79 Å². The van der Waals surface area contributed by atoms with E-state index in [0.717, 1.165) is 0 Å². The molecule has 14 heavy (non-hydrogen) atoms. The molecule has 0 unspecified atom stereocenters. The number of hydrogen-bond acceptors (Lipinski definition) is 1. The summed E-state index contributed by atoms with van der Waals surface area (Å²) in [6.45, 7) is 6.51. The average molecular weight is 198 g/mol. The molecule has 0 fully saturated rings. The van der Waals surface area contributed by atoms with E-state index in [2.05, 4.69) is 26.0 Å². The summed E-state index contributed by atoms with van der Waals surface area (Å²) in [5, 5.41) is 0. The predicted octanol–water partition coefficient (Wildman–Crippen LogP) is 4.52. The largest absolute Gasteiger partial charge is 0.307 e. The third-order valence-electron chi connectivity index (χ3n) is 2.12. The van der Waals surface area contributed by atoms with Crippen molar-refractivity contribution >= 4 is 6.79 Å². The van der Waals surface area contributed by atoms with E-state index in [-0.39, 0.29) is 0 Å². The Morgan fingerprint density at radius 1 is 0.786 bits per heavy atom. The lowest BCUT2D eigenvalue weighted by atomic mass is 10.1. The minimum absolute atomic E-state index is 1.29. The van der Waals surface area contributed by atoms with Crippen LogP contribution in [-0.4, -0.2) is 6.79 Å².